The van der Waals surface area contributed by atoms with Crippen molar-refractivity contribution in [1.29, 1.82) is 0 Å². The molecule has 0 radical (unpaired) electrons. The molecule has 20 heavy (non-hydrogen) atoms. The van der Waals surface area contributed by atoms with E-state index in [4.69, 9.17) is 4.74 Å². The van der Waals surface area contributed by atoms with Crippen LogP contribution in [0.1, 0.15) is 17.0 Å². The topological polar surface area (TPSA) is 26.3 Å². The summed E-state index contributed by atoms with van der Waals surface area (Å²) < 4.78 is 5.38. The average molecular weight is 260 g/mol. The Labute approximate surface area is 116 Å². The van der Waals surface area contributed by atoms with E-state index in [0.29, 0.717) is 5.75 Å². The van der Waals surface area contributed by atoms with Crippen LogP contribution < -0.4 is 4.74 Å². The van der Waals surface area contributed by atoms with E-state index in [-0.39, 0.29) is 11.9 Å². The molecule has 0 fully saturated rings. The summed E-state index contributed by atoms with van der Waals surface area (Å²) >= 11 is 0. The number of para-hydroxylation sites is 1. The molecule has 3 aromatic carbocycles. The summed E-state index contributed by atoms with van der Waals surface area (Å²) in [6.07, 6.45) is 0. The lowest BCUT2D eigenvalue weighted by atomic mass is 9.89. The van der Waals surface area contributed by atoms with Gasteiger partial charge < -0.3 is 4.74 Å². The first-order chi connectivity index (χ1) is 9.84. The molecule has 1 aliphatic rings. The number of benzene rings is 3. The number of carbonyl (C=O) groups excluding carboxylic acids is 1. The smallest absolute Gasteiger partial charge is 0.323 e. The lowest BCUT2D eigenvalue weighted by Crippen LogP contribution is -2.11. The van der Waals surface area contributed by atoms with E-state index in [0.717, 1.165) is 21.9 Å². The summed E-state index contributed by atoms with van der Waals surface area (Å²) in [5.74, 6) is 0.162. The minimum atomic E-state index is -0.322. The third kappa shape index (κ3) is 1.55. The number of hydrogen-bond acceptors (Lipinski definition) is 2. The van der Waals surface area contributed by atoms with Crippen LogP contribution in [0.3, 0.4) is 0 Å². The molecule has 1 aliphatic heterocycles. The van der Waals surface area contributed by atoms with E-state index in [2.05, 4.69) is 18.2 Å². The third-order valence-corrected chi connectivity index (χ3v) is 3.81. The maximum Gasteiger partial charge on any atom is 0.323 e. The first-order valence-electron chi connectivity index (χ1n) is 6.63. The van der Waals surface area contributed by atoms with Crippen LogP contribution in [0, 0.1) is 0 Å². The summed E-state index contributed by atoms with van der Waals surface area (Å²) in [4.78, 5) is 12.3. The summed E-state index contributed by atoms with van der Waals surface area (Å²) in [6.45, 7) is 0. The zero-order chi connectivity index (χ0) is 13.5. The van der Waals surface area contributed by atoms with Gasteiger partial charge in [-0.1, -0.05) is 60.7 Å². The molecular formula is C18H12O2. The monoisotopic (exact) mass is 260 g/mol. The van der Waals surface area contributed by atoms with Crippen LogP contribution in [0.15, 0.2) is 66.7 Å². The SMILES string of the molecule is O=C1Oc2ccccc2C1c1cccc2ccccc12. The van der Waals surface area contributed by atoms with E-state index in [1.54, 1.807) is 0 Å². The fourth-order valence-electron chi connectivity index (χ4n) is 2.90. The van der Waals surface area contributed by atoms with Gasteiger partial charge >= 0.3 is 5.97 Å². The Hall–Kier alpha value is -2.61. The Kier molecular flexibility index (Phi) is 2.36. The molecule has 0 aromatic heterocycles. The van der Waals surface area contributed by atoms with Crippen molar-refractivity contribution in [3.8, 4) is 5.75 Å². The summed E-state index contributed by atoms with van der Waals surface area (Å²) in [6, 6.07) is 21.8. The predicted molar refractivity (Wildman–Crippen MR) is 77.9 cm³/mol. The number of esters is 1. The second-order valence-corrected chi connectivity index (χ2v) is 4.96. The molecule has 0 saturated carbocycles. The van der Waals surface area contributed by atoms with Crippen LogP contribution in [0.4, 0.5) is 0 Å². The van der Waals surface area contributed by atoms with Crippen molar-refractivity contribution in [2.75, 3.05) is 0 Å². The Bertz CT molecular complexity index is 815. The zero-order valence-corrected chi connectivity index (χ0v) is 10.7. The Morgan fingerprint density at radius 3 is 2.40 bits per heavy atom. The van der Waals surface area contributed by atoms with Gasteiger partial charge in [-0.25, -0.2) is 0 Å². The Morgan fingerprint density at radius 1 is 0.750 bits per heavy atom. The molecule has 0 bridgehead atoms. The number of hydrogen-bond donors (Lipinski definition) is 0. The molecule has 0 N–H and O–H groups in total. The minimum absolute atomic E-state index is 0.192. The zero-order valence-electron chi connectivity index (χ0n) is 10.7. The molecular weight excluding hydrogens is 248 g/mol. The molecule has 2 nitrogen and oxygen atoms in total. The Morgan fingerprint density at radius 2 is 1.45 bits per heavy atom. The molecule has 2 heteroatoms. The number of rotatable bonds is 1. The van der Waals surface area contributed by atoms with Crippen molar-refractivity contribution in [2.45, 2.75) is 5.92 Å². The fraction of sp³-hybridized carbons (Fsp3) is 0.0556. The second kappa shape index (κ2) is 4.20. The van der Waals surface area contributed by atoms with E-state index in [9.17, 15) is 4.79 Å². The van der Waals surface area contributed by atoms with Crippen LogP contribution >= 0.6 is 0 Å². The first kappa shape index (κ1) is 11.2. The van der Waals surface area contributed by atoms with Gasteiger partial charge in [-0.15, -0.1) is 0 Å². The Balaban J connectivity index is 1.98. The summed E-state index contributed by atoms with van der Waals surface area (Å²) in [7, 11) is 0. The summed E-state index contributed by atoms with van der Waals surface area (Å²) in [5.41, 5.74) is 1.96. The van der Waals surface area contributed by atoms with Gasteiger partial charge in [0.2, 0.25) is 0 Å². The van der Waals surface area contributed by atoms with Gasteiger partial charge in [-0.05, 0) is 22.4 Å². The van der Waals surface area contributed by atoms with Crippen LogP contribution in [-0.4, -0.2) is 5.97 Å². The van der Waals surface area contributed by atoms with Gasteiger partial charge in [0.25, 0.3) is 0 Å². The minimum Gasteiger partial charge on any atom is -0.425 e. The van der Waals surface area contributed by atoms with Crippen molar-refractivity contribution in [1.82, 2.24) is 0 Å². The standard InChI is InChI=1S/C18H12O2/c19-18-17(15-9-3-4-11-16(15)20-18)14-10-5-7-12-6-1-2-8-13(12)14/h1-11,17H. The van der Waals surface area contributed by atoms with Crippen LogP contribution in [0.2, 0.25) is 0 Å². The molecule has 0 saturated heterocycles. The van der Waals surface area contributed by atoms with Gasteiger partial charge in [-0.2, -0.15) is 0 Å². The van der Waals surface area contributed by atoms with Crippen molar-refractivity contribution in [3.05, 3.63) is 77.9 Å². The number of fused-ring (bicyclic) bond motifs is 2. The van der Waals surface area contributed by atoms with Gasteiger partial charge in [-0.3, -0.25) is 4.79 Å². The number of ether oxygens (including phenoxy) is 1. The second-order valence-electron chi connectivity index (χ2n) is 4.96. The highest BCUT2D eigenvalue weighted by Crippen LogP contribution is 2.40. The highest BCUT2D eigenvalue weighted by atomic mass is 16.5. The molecule has 4 rings (SSSR count). The van der Waals surface area contributed by atoms with E-state index in [1.165, 1.54) is 0 Å². The predicted octanol–water partition coefficient (Wildman–Crippen LogP) is 3.89. The highest BCUT2D eigenvalue weighted by Gasteiger charge is 2.34. The molecule has 0 amide bonds. The molecule has 1 heterocycles. The van der Waals surface area contributed by atoms with Crippen molar-refractivity contribution in [3.63, 3.8) is 0 Å². The van der Waals surface area contributed by atoms with Crippen LogP contribution in [0.25, 0.3) is 10.8 Å². The third-order valence-electron chi connectivity index (χ3n) is 3.81. The number of carbonyl (C=O) groups is 1. The molecule has 1 atom stereocenters. The van der Waals surface area contributed by atoms with E-state index < -0.39 is 0 Å². The first-order valence-corrected chi connectivity index (χ1v) is 6.63. The average Bonchev–Trinajstić information content (AvgIpc) is 2.82. The maximum absolute atomic E-state index is 12.3. The van der Waals surface area contributed by atoms with Crippen LogP contribution in [0.5, 0.6) is 5.75 Å². The quantitative estimate of drug-likeness (QED) is 0.490. The van der Waals surface area contributed by atoms with Crippen molar-refractivity contribution in [2.24, 2.45) is 0 Å². The van der Waals surface area contributed by atoms with Gasteiger partial charge in [0.1, 0.15) is 11.7 Å². The highest BCUT2D eigenvalue weighted by molar-refractivity contribution is 5.96. The molecule has 0 spiro atoms. The van der Waals surface area contributed by atoms with Gasteiger partial charge in [0.15, 0.2) is 0 Å². The van der Waals surface area contributed by atoms with Gasteiger partial charge in [0.05, 0.1) is 0 Å². The maximum atomic E-state index is 12.3. The van der Waals surface area contributed by atoms with Crippen molar-refractivity contribution >= 4 is 16.7 Å². The normalized spacial score (nSPS) is 17.0. The molecule has 1 unspecified atom stereocenters. The lowest BCUT2D eigenvalue weighted by Gasteiger charge is -2.11. The van der Waals surface area contributed by atoms with Gasteiger partial charge in [0, 0.05) is 5.56 Å². The molecule has 3 aromatic rings. The molecule has 96 valence electrons. The summed E-state index contributed by atoms with van der Waals surface area (Å²) in [5, 5.41) is 2.25. The van der Waals surface area contributed by atoms with Crippen LogP contribution in [-0.2, 0) is 4.79 Å². The molecule has 0 aliphatic carbocycles. The largest absolute Gasteiger partial charge is 0.425 e. The fourth-order valence-corrected chi connectivity index (χ4v) is 2.90. The van der Waals surface area contributed by atoms with E-state index in [1.807, 2.05) is 48.5 Å². The lowest BCUT2D eigenvalue weighted by molar-refractivity contribution is -0.133. The van der Waals surface area contributed by atoms with Crippen molar-refractivity contribution < 1.29 is 9.53 Å². The van der Waals surface area contributed by atoms with E-state index >= 15 is 0 Å².